The largest absolute Gasteiger partial charge is 0.370 e. The summed E-state index contributed by atoms with van der Waals surface area (Å²) in [7, 11) is 0. The van der Waals surface area contributed by atoms with E-state index in [-0.39, 0.29) is 5.82 Å². The summed E-state index contributed by atoms with van der Waals surface area (Å²) in [6.07, 6.45) is 7.10. The molecule has 1 aromatic heterocycles. The highest BCUT2D eigenvalue weighted by atomic mass is 32.1. The number of thiocarbonyl (C=S) groups is 1. The number of aromatic nitrogens is 1. The number of nitrogens with one attached hydrogen (secondary N) is 1. The summed E-state index contributed by atoms with van der Waals surface area (Å²) in [6, 6.07) is 6.75. The first-order valence-corrected chi connectivity index (χ1v) is 8.32. The van der Waals surface area contributed by atoms with Crippen LogP contribution in [0.25, 0.3) is 0 Å². The molecule has 0 amide bonds. The summed E-state index contributed by atoms with van der Waals surface area (Å²) < 4.78 is 13.7. The van der Waals surface area contributed by atoms with Gasteiger partial charge in [0.15, 0.2) is 0 Å². The zero-order chi connectivity index (χ0) is 16.2. The van der Waals surface area contributed by atoms with Gasteiger partial charge in [0, 0.05) is 31.0 Å². The van der Waals surface area contributed by atoms with E-state index in [2.05, 4.69) is 15.2 Å². The molecule has 1 fully saturated rings. The lowest BCUT2D eigenvalue weighted by Crippen LogP contribution is -2.30. The Bertz CT molecular complexity index is 711. The quantitative estimate of drug-likeness (QED) is 0.850. The first-order chi connectivity index (χ1) is 11.1. The summed E-state index contributed by atoms with van der Waals surface area (Å²) in [5.41, 5.74) is 3.66. The highest BCUT2D eigenvalue weighted by molar-refractivity contribution is 7.81. The van der Waals surface area contributed by atoms with E-state index in [9.17, 15) is 4.39 Å². The molecule has 120 valence electrons. The van der Waals surface area contributed by atoms with Gasteiger partial charge in [0.25, 0.3) is 0 Å². The van der Waals surface area contributed by atoms with E-state index < -0.39 is 0 Å². The molecule has 23 heavy (non-hydrogen) atoms. The number of hydrogen-bond donors (Lipinski definition) is 1. The molecule has 3 rings (SSSR count). The fourth-order valence-corrected chi connectivity index (χ4v) is 3.28. The second kappa shape index (κ2) is 7.04. The molecule has 0 spiro atoms. The van der Waals surface area contributed by atoms with Gasteiger partial charge in [0.1, 0.15) is 10.8 Å². The first-order valence-electron chi connectivity index (χ1n) is 7.91. The fraction of sp³-hybridized carbons (Fsp3) is 0.333. The normalized spacial score (nSPS) is 14.6. The van der Waals surface area contributed by atoms with Gasteiger partial charge in [0.2, 0.25) is 0 Å². The molecule has 5 heteroatoms. The number of piperidine rings is 1. The van der Waals surface area contributed by atoms with E-state index in [1.54, 1.807) is 12.4 Å². The lowest BCUT2D eigenvalue weighted by atomic mass is 10.1. The highest BCUT2D eigenvalue weighted by Crippen LogP contribution is 2.30. The molecular weight excluding hydrogens is 309 g/mol. The zero-order valence-corrected chi connectivity index (χ0v) is 14.0. The molecular formula is C18H20FN3S. The summed E-state index contributed by atoms with van der Waals surface area (Å²) in [5, 5.41) is 3.23. The zero-order valence-electron chi connectivity index (χ0n) is 13.2. The lowest BCUT2D eigenvalue weighted by Gasteiger charge is -2.30. The Morgan fingerprint density at radius 1 is 1.22 bits per heavy atom. The SMILES string of the molecule is Cc1cnccc1C(=S)Nc1cc(F)ccc1N1CCCCC1. The predicted octanol–water partition coefficient (Wildman–Crippen LogP) is 4.31. The standard InChI is InChI=1S/C18H20FN3S/c1-13-12-20-8-7-15(13)18(23)21-16-11-14(19)5-6-17(16)22-9-3-2-4-10-22/h5-8,11-12H,2-4,9-10H2,1H3,(H,21,23). The number of nitrogens with zero attached hydrogens (tertiary/aromatic N) is 2. The van der Waals surface area contributed by atoms with Gasteiger partial charge in [-0.25, -0.2) is 4.39 Å². The Balaban J connectivity index is 1.88. The monoisotopic (exact) mass is 329 g/mol. The van der Waals surface area contributed by atoms with Crippen LogP contribution in [-0.2, 0) is 0 Å². The number of benzene rings is 1. The van der Waals surface area contributed by atoms with Crippen molar-refractivity contribution in [2.75, 3.05) is 23.3 Å². The molecule has 2 heterocycles. The van der Waals surface area contributed by atoms with Crippen molar-refractivity contribution >= 4 is 28.6 Å². The maximum atomic E-state index is 13.7. The maximum Gasteiger partial charge on any atom is 0.125 e. The molecule has 0 radical (unpaired) electrons. The summed E-state index contributed by atoms with van der Waals surface area (Å²) in [4.78, 5) is 6.97. The van der Waals surface area contributed by atoms with Crippen molar-refractivity contribution in [1.82, 2.24) is 4.98 Å². The van der Waals surface area contributed by atoms with Crippen LogP contribution >= 0.6 is 12.2 Å². The lowest BCUT2D eigenvalue weighted by molar-refractivity contribution is 0.577. The molecule has 1 N–H and O–H groups in total. The van der Waals surface area contributed by atoms with Gasteiger partial charge in [0.05, 0.1) is 11.4 Å². The van der Waals surface area contributed by atoms with E-state index in [0.717, 1.165) is 35.6 Å². The molecule has 0 bridgehead atoms. The van der Waals surface area contributed by atoms with Crippen LogP contribution in [0.1, 0.15) is 30.4 Å². The van der Waals surface area contributed by atoms with Gasteiger partial charge in [-0.1, -0.05) is 12.2 Å². The van der Waals surface area contributed by atoms with Crippen LogP contribution in [0.2, 0.25) is 0 Å². The number of pyridine rings is 1. The van der Waals surface area contributed by atoms with Crippen molar-refractivity contribution < 1.29 is 4.39 Å². The van der Waals surface area contributed by atoms with Crippen molar-refractivity contribution in [3.8, 4) is 0 Å². The van der Waals surface area contributed by atoms with Crippen LogP contribution in [0, 0.1) is 12.7 Å². The van der Waals surface area contributed by atoms with E-state index >= 15 is 0 Å². The van der Waals surface area contributed by atoms with Gasteiger partial charge >= 0.3 is 0 Å². The summed E-state index contributed by atoms with van der Waals surface area (Å²) in [6.45, 7) is 3.97. The highest BCUT2D eigenvalue weighted by Gasteiger charge is 2.16. The molecule has 0 saturated carbocycles. The van der Waals surface area contributed by atoms with Gasteiger partial charge in [-0.15, -0.1) is 0 Å². The van der Waals surface area contributed by atoms with Crippen molar-refractivity contribution in [1.29, 1.82) is 0 Å². The fourth-order valence-electron chi connectivity index (χ4n) is 2.94. The minimum atomic E-state index is -0.262. The topological polar surface area (TPSA) is 28.2 Å². The van der Waals surface area contributed by atoms with E-state index in [1.807, 2.05) is 19.1 Å². The molecule has 2 aromatic rings. The van der Waals surface area contributed by atoms with Crippen molar-refractivity contribution in [3.63, 3.8) is 0 Å². The maximum absolute atomic E-state index is 13.7. The number of halogens is 1. The van der Waals surface area contributed by atoms with Crippen LogP contribution in [0.15, 0.2) is 36.7 Å². The molecule has 0 aliphatic carbocycles. The summed E-state index contributed by atoms with van der Waals surface area (Å²) >= 11 is 5.51. The molecule has 0 unspecified atom stereocenters. The average molecular weight is 329 g/mol. The third kappa shape index (κ3) is 3.67. The molecule has 1 aliphatic rings. The van der Waals surface area contributed by atoms with Crippen LogP contribution < -0.4 is 10.2 Å². The third-order valence-electron chi connectivity index (χ3n) is 4.17. The Kier molecular flexibility index (Phi) is 4.86. The first kappa shape index (κ1) is 15.9. The Hall–Kier alpha value is -2.01. The van der Waals surface area contributed by atoms with Gasteiger partial charge in [-0.2, -0.15) is 0 Å². The van der Waals surface area contributed by atoms with Crippen molar-refractivity contribution in [3.05, 3.63) is 53.6 Å². The number of rotatable bonds is 3. The predicted molar refractivity (Wildman–Crippen MR) is 96.8 cm³/mol. The smallest absolute Gasteiger partial charge is 0.125 e. The second-order valence-electron chi connectivity index (χ2n) is 5.85. The van der Waals surface area contributed by atoms with E-state index in [0.29, 0.717) is 4.99 Å². The Labute approximate surface area is 141 Å². The molecule has 1 saturated heterocycles. The minimum Gasteiger partial charge on any atom is -0.370 e. The van der Waals surface area contributed by atoms with Crippen LogP contribution in [-0.4, -0.2) is 23.1 Å². The van der Waals surface area contributed by atoms with Crippen molar-refractivity contribution in [2.45, 2.75) is 26.2 Å². The number of hydrogen-bond acceptors (Lipinski definition) is 3. The van der Waals surface area contributed by atoms with Crippen LogP contribution in [0.3, 0.4) is 0 Å². The molecule has 0 atom stereocenters. The Morgan fingerprint density at radius 2 is 2.00 bits per heavy atom. The molecule has 1 aliphatic heterocycles. The summed E-state index contributed by atoms with van der Waals surface area (Å²) in [5.74, 6) is -0.262. The number of aryl methyl sites for hydroxylation is 1. The molecule has 3 nitrogen and oxygen atoms in total. The van der Waals surface area contributed by atoms with Crippen molar-refractivity contribution in [2.24, 2.45) is 0 Å². The molecule has 1 aromatic carbocycles. The Morgan fingerprint density at radius 3 is 2.74 bits per heavy atom. The average Bonchev–Trinajstić information content (AvgIpc) is 2.56. The number of anilines is 2. The van der Waals surface area contributed by atoms with Gasteiger partial charge in [-0.3, -0.25) is 4.98 Å². The van der Waals surface area contributed by atoms with Crippen LogP contribution in [0.5, 0.6) is 0 Å². The van der Waals surface area contributed by atoms with Gasteiger partial charge in [-0.05, 0) is 56.0 Å². The minimum absolute atomic E-state index is 0.262. The van der Waals surface area contributed by atoms with E-state index in [4.69, 9.17) is 12.2 Å². The van der Waals surface area contributed by atoms with Crippen LogP contribution in [0.4, 0.5) is 15.8 Å². The van der Waals surface area contributed by atoms with Gasteiger partial charge < -0.3 is 10.2 Å². The second-order valence-corrected chi connectivity index (χ2v) is 6.26. The third-order valence-corrected chi connectivity index (χ3v) is 4.49. The van der Waals surface area contributed by atoms with E-state index in [1.165, 1.54) is 31.4 Å².